The zero-order valence-electron chi connectivity index (χ0n) is 32.7. The summed E-state index contributed by atoms with van der Waals surface area (Å²) in [6.07, 6.45) is 6.41. The molecule has 5 fully saturated rings. The van der Waals surface area contributed by atoms with Crippen LogP contribution >= 0.6 is 0 Å². The van der Waals surface area contributed by atoms with E-state index < -0.39 is 23.0 Å². The number of carbonyl (C=O) groups excluding carboxylic acids is 1. The Morgan fingerprint density at radius 3 is 2.21 bits per heavy atom. The first-order valence-corrected chi connectivity index (χ1v) is 19.8. The molecule has 7 aliphatic rings. The van der Waals surface area contributed by atoms with Crippen LogP contribution in [0.1, 0.15) is 91.2 Å². The maximum absolute atomic E-state index is 13.1. The van der Waals surface area contributed by atoms with E-state index in [0.29, 0.717) is 63.8 Å². The van der Waals surface area contributed by atoms with Gasteiger partial charge in [0.2, 0.25) is 0 Å². The van der Waals surface area contributed by atoms with E-state index in [1.807, 2.05) is 27.0 Å². The molecular weight excluding hydrogens is 666 g/mol. The number of carbonyl (C=O) groups is 1. The molecule has 7 atom stereocenters. The first-order chi connectivity index (χ1) is 24.8. The van der Waals surface area contributed by atoms with Gasteiger partial charge in [-0.15, -0.1) is 0 Å². The minimum Gasteiger partial charge on any atom is -0.479 e. The lowest BCUT2D eigenvalue weighted by atomic mass is 9.30. The van der Waals surface area contributed by atoms with Crippen molar-refractivity contribution < 1.29 is 47.8 Å². The molecule has 5 aliphatic carbocycles. The molecule has 2 spiro atoms. The number of methoxy groups -OCH3 is 1. The average Bonchev–Trinajstić information content (AvgIpc) is 3.87. The monoisotopic (exact) mass is 729 g/mol. The van der Waals surface area contributed by atoms with Gasteiger partial charge >= 0.3 is 6.16 Å². The maximum Gasteiger partial charge on any atom is 0.514 e. The Kier molecular flexibility index (Phi) is 10.5. The van der Waals surface area contributed by atoms with Gasteiger partial charge < -0.3 is 43.0 Å². The fourth-order valence-electron chi connectivity index (χ4n) is 11.4. The number of hydrogen-bond donors (Lipinski definition) is 1. The lowest BCUT2D eigenvalue weighted by Gasteiger charge is -2.78. The lowest BCUT2D eigenvalue weighted by molar-refractivity contribution is -0.345. The molecule has 8 rings (SSSR count). The van der Waals surface area contributed by atoms with E-state index in [9.17, 15) is 9.90 Å². The third-order valence-corrected chi connectivity index (χ3v) is 14.5. The molecule has 4 saturated carbocycles. The van der Waals surface area contributed by atoms with Crippen molar-refractivity contribution in [2.24, 2.45) is 22.7 Å². The van der Waals surface area contributed by atoms with Crippen molar-refractivity contribution in [3.8, 4) is 11.5 Å². The smallest absolute Gasteiger partial charge is 0.479 e. The Morgan fingerprint density at radius 2 is 1.60 bits per heavy atom. The molecule has 0 aromatic heterocycles. The van der Waals surface area contributed by atoms with Crippen LogP contribution in [0.25, 0.3) is 0 Å². The van der Waals surface area contributed by atoms with E-state index in [2.05, 4.69) is 38.7 Å². The highest BCUT2D eigenvalue weighted by atomic mass is 16.7. The van der Waals surface area contributed by atoms with Gasteiger partial charge in [0.05, 0.1) is 57.3 Å². The van der Waals surface area contributed by atoms with Crippen molar-refractivity contribution >= 4 is 6.16 Å². The number of piperidine rings is 1. The lowest BCUT2D eigenvalue weighted by Crippen LogP contribution is -2.87. The van der Waals surface area contributed by atoms with Gasteiger partial charge in [-0.3, -0.25) is 4.90 Å². The van der Waals surface area contributed by atoms with Crippen LogP contribution in [-0.4, -0.2) is 119 Å². The standard InChI is InChI=1S/C41H63NO10/c1-8-46-17-18-47-19-20-48-21-22-49-23-24-50-35(43)51-30-12-11-29-25-32-39-13-14-41(45-7,31(26-39)37(5,44)36(2,3)4)38(6)40(39,33(29)34(30)52-38)15-16-42(32)27-28-9-10-28/h11-12,28,31-32,44H,8-10,13-27H2,1-7H3. The Labute approximate surface area is 310 Å². The molecule has 0 radical (unpaired) electrons. The highest BCUT2D eigenvalue weighted by Crippen LogP contribution is 2.81. The zero-order chi connectivity index (χ0) is 37.0. The molecule has 292 valence electrons. The molecule has 7 unspecified atom stereocenters. The Morgan fingerprint density at radius 1 is 0.942 bits per heavy atom. The zero-order valence-corrected chi connectivity index (χ0v) is 32.7. The number of nitrogens with zero attached hydrogens (tertiary/aromatic N) is 1. The summed E-state index contributed by atoms with van der Waals surface area (Å²) >= 11 is 0. The van der Waals surface area contributed by atoms with Crippen molar-refractivity contribution in [3.63, 3.8) is 0 Å². The molecule has 11 nitrogen and oxygen atoms in total. The van der Waals surface area contributed by atoms with Gasteiger partial charge in [0.25, 0.3) is 0 Å². The SMILES string of the molecule is CCOCCOCCOCCOCCOC(=O)Oc1ccc2c3c1OC1(C)C4(OC)CCC5(CC4C(C)(O)C(C)(C)C)C(C2)N(CC2CC2)CCC351. The second-order valence-electron chi connectivity index (χ2n) is 17.5. The Balaban J connectivity index is 1.08. The quantitative estimate of drug-likeness (QED) is 0.114. The Hall–Kier alpha value is -1.99. The highest BCUT2D eigenvalue weighted by molar-refractivity contribution is 5.70. The average molecular weight is 730 g/mol. The summed E-state index contributed by atoms with van der Waals surface area (Å²) in [6.45, 7) is 18.7. The molecule has 52 heavy (non-hydrogen) atoms. The molecular formula is C41H63NO10. The van der Waals surface area contributed by atoms with Crippen molar-refractivity contribution in [2.45, 2.75) is 115 Å². The van der Waals surface area contributed by atoms with Crippen LogP contribution in [0.15, 0.2) is 12.1 Å². The van der Waals surface area contributed by atoms with Gasteiger partial charge in [0.1, 0.15) is 17.8 Å². The number of benzene rings is 1. The molecule has 11 heteroatoms. The molecule has 1 N–H and O–H groups in total. The molecule has 1 aromatic carbocycles. The van der Waals surface area contributed by atoms with Crippen LogP contribution in [0.5, 0.6) is 11.5 Å². The molecule has 2 aliphatic heterocycles. The van der Waals surface area contributed by atoms with Crippen LogP contribution in [0, 0.1) is 22.7 Å². The molecule has 4 bridgehead atoms. The van der Waals surface area contributed by atoms with Crippen LogP contribution in [-0.2, 0) is 40.3 Å². The van der Waals surface area contributed by atoms with Crippen LogP contribution in [0.4, 0.5) is 4.79 Å². The number of rotatable bonds is 18. The molecule has 1 aromatic rings. The second-order valence-corrected chi connectivity index (χ2v) is 17.5. The van der Waals surface area contributed by atoms with E-state index in [1.165, 1.54) is 24.0 Å². The summed E-state index contributed by atoms with van der Waals surface area (Å²) in [7, 11) is 1.81. The molecule has 2 heterocycles. The summed E-state index contributed by atoms with van der Waals surface area (Å²) in [5, 5.41) is 12.6. The van der Waals surface area contributed by atoms with Crippen molar-refractivity contribution in [2.75, 3.05) is 79.7 Å². The minimum atomic E-state index is -1.02. The fraction of sp³-hybridized carbons (Fsp3) is 0.829. The van der Waals surface area contributed by atoms with E-state index >= 15 is 0 Å². The normalized spacial score (nSPS) is 34.1. The third kappa shape index (κ3) is 5.82. The first-order valence-electron chi connectivity index (χ1n) is 19.8. The van der Waals surface area contributed by atoms with Gasteiger partial charge in [-0.25, -0.2) is 4.79 Å². The highest BCUT2D eigenvalue weighted by Gasteiger charge is 2.87. The maximum atomic E-state index is 13.1. The van der Waals surface area contributed by atoms with Gasteiger partial charge in [0.15, 0.2) is 11.5 Å². The van der Waals surface area contributed by atoms with Gasteiger partial charge in [0, 0.05) is 43.2 Å². The largest absolute Gasteiger partial charge is 0.514 e. The topological polar surface area (TPSA) is 114 Å². The number of hydrogen-bond acceptors (Lipinski definition) is 11. The molecule has 0 amide bonds. The summed E-state index contributed by atoms with van der Waals surface area (Å²) in [5.41, 5.74) is -0.945. The fourth-order valence-corrected chi connectivity index (χ4v) is 11.4. The summed E-state index contributed by atoms with van der Waals surface area (Å²) in [4.78, 5) is 15.9. The van der Waals surface area contributed by atoms with Crippen LogP contribution in [0.3, 0.4) is 0 Å². The van der Waals surface area contributed by atoms with E-state index in [4.69, 9.17) is 37.9 Å². The third-order valence-electron chi connectivity index (χ3n) is 14.5. The van der Waals surface area contributed by atoms with Gasteiger partial charge in [-0.1, -0.05) is 26.8 Å². The predicted molar refractivity (Wildman–Crippen MR) is 194 cm³/mol. The minimum absolute atomic E-state index is 0.0557. The van der Waals surface area contributed by atoms with Gasteiger partial charge in [-0.2, -0.15) is 0 Å². The number of aliphatic hydroxyl groups is 1. The molecule has 1 saturated heterocycles. The summed E-state index contributed by atoms with van der Waals surface area (Å²) in [6, 6.07) is 4.37. The summed E-state index contributed by atoms with van der Waals surface area (Å²) in [5.74, 6) is 1.65. The van der Waals surface area contributed by atoms with E-state index in [0.717, 1.165) is 51.1 Å². The van der Waals surface area contributed by atoms with Gasteiger partial charge in [-0.05, 0) is 95.2 Å². The Bertz CT molecular complexity index is 1460. The van der Waals surface area contributed by atoms with Crippen molar-refractivity contribution in [1.82, 2.24) is 4.90 Å². The second kappa shape index (κ2) is 14.3. The summed E-state index contributed by atoms with van der Waals surface area (Å²) < 4.78 is 47.4. The first kappa shape index (κ1) is 38.3. The van der Waals surface area contributed by atoms with Crippen LogP contribution in [0.2, 0.25) is 0 Å². The van der Waals surface area contributed by atoms with Crippen molar-refractivity contribution in [1.29, 1.82) is 0 Å². The van der Waals surface area contributed by atoms with Crippen molar-refractivity contribution in [3.05, 3.63) is 23.3 Å². The van der Waals surface area contributed by atoms with Crippen LogP contribution < -0.4 is 9.47 Å². The number of fused-ring (bicyclic) bond motifs is 2. The predicted octanol–water partition coefficient (Wildman–Crippen LogP) is 5.70. The van der Waals surface area contributed by atoms with E-state index in [1.54, 1.807) is 0 Å². The number of ether oxygens (including phenoxy) is 8. The van der Waals surface area contributed by atoms with E-state index in [-0.39, 0.29) is 35.4 Å². The number of likely N-dealkylation sites (tertiary alicyclic amines) is 1.